The summed E-state index contributed by atoms with van der Waals surface area (Å²) in [6, 6.07) is 5.73. The Hall–Kier alpha value is -3.13. The van der Waals surface area contributed by atoms with Gasteiger partial charge in [-0.15, -0.1) is 0 Å². The fraction of sp³-hybridized carbons (Fsp3) is 0.636. The molecule has 2 heterocycles. The van der Waals surface area contributed by atoms with Crippen molar-refractivity contribution in [3.63, 3.8) is 0 Å². The largest absolute Gasteiger partial charge is 0.423 e. The third kappa shape index (κ3) is 14.6. The van der Waals surface area contributed by atoms with Crippen LogP contribution in [0.25, 0.3) is 11.2 Å². The van der Waals surface area contributed by atoms with Crippen LogP contribution in [0.4, 0.5) is 5.82 Å². The minimum absolute atomic E-state index is 0.112. The lowest BCUT2D eigenvalue weighted by Crippen LogP contribution is -2.42. The van der Waals surface area contributed by atoms with E-state index >= 15 is 0 Å². The Bertz CT molecular complexity index is 1390. The third-order valence-corrected chi connectivity index (χ3v) is 8.85. The van der Waals surface area contributed by atoms with Crippen molar-refractivity contribution in [1.82, 2.24) is 24.8 Å². The minimum Gasteiger partial charge on any atom is -0.423 e. The minimum atomic E-state index is -4.22. The lowest BCUT2D eigenvalue weighted by molar-refractivity contribution is -0.122. The number of unbranched alkanes of at least 4 members (excludes halogenated alkanes) is 9. The second kappa shape index (κ2) is 21.8. The maximum Gasteiger partial charge on any atom is 0.402 e. The number of benzene rings is 1. The quantitative estimate of drug-likeness (QED) is 0.0589. The number of hydrogen-bond acceptors (Lipinski definition) is 11. The number of nitrogens with zero attached hydrogens (tertiary/aromatic N) is 4. The van der Waals surface area contributed by atoms with Gasteiger partial charge in [0.1, 0.15) is 17.6 Å². The van der Waals surface area contributed by atoms with E-state index in [4.69, 9.17) is 25.5 Å². The Morgan fingerprint density at radius 1 is 0.979 bits per heavy atom. The molecule has 0 fully saturated rings. The standard InChI is InChI=1S/C33H54N7O7P/c1-2-3-4-5-8-11-18-45-19-12-9-6-7-10-17-36-33(42)29(34)20-26-13-15-27(16-14-26)47-48(43,44)25-46-28(22-41)21-40-24-39-30-31(35)37-23-38-32(30)40/h13-16,23-24,28-29,41H,2-12,17-22,25,34H2,1H3,(H,36,42)(H,43,44)(H2,35,37,38)/t28-,29-/m0/s1. The summed E-state index contributed by atoms with van der Waals surface area (Å²) in [7, 11) is -4.22. The number of rotatable bonds is 26. The molecule has 7 N–H and O–H groups in total. The molecule has 15 heteroatoms. The van der Waals surface area contributed by atoms with Crippen LogP contribution in [0.5, 0.6) is 5.75 Å². The zero-order valence-corrected chi connectivity index (χ0v) is 29.1. The molecule has 3 aromatic rings. The third-order valence-electron chi connectivity index (χ3n) is 7.88. The molecule has 0 bridgehead atoms. The molecule has 0 aliphatic rings. The van der Waals surface area contributed by atoms with E-state index in [0.717, 1.165) is 57.3 Å². The van der Waals surface area contributed by atoms with Gasteiger partial charge in [-0.1, -0.05) is 70.4 Å². The van der Waals surface area contributed by atoms with Crippen molar-refractivity contribution < 1.29 is 33.4 Å². The highest BCUT2D eigenvalue weighted by Crippen LogP contribution is 2.43. The van der Waals surface area contributed by atoms with Gasteiger partial charge >= 0.3 is 7.60 Å². The molecule has 1 aromatic carbocycles. The van der Waals surface area contributed by atoms with E-state index in [0.29, 0.717) is 24.1 Å². The molecular weight excluding hydrogens is 637 g/mol. The summed E-state index contributed by atoms with van der Waals surface area (Å²) in [5, 5.41) is 12.7. The van der Waals surface area contributed by atoms with Crippen LogP contribution < -0.4 is 21.3 Å². The molecule has 268 valence electrons. The molecule has 2 aromatic heterocycles. The second-order valence-electron chi connectivity index (χ2n) is 12.1. The van der Waals surface area contributed by atoms with Crippen LogP contribution in [0.1, 0.15) is 83.1 Å². The highest BCUT2D eigenvalue weighted by Gasteiger charge is 2.25. The van der Waals surface area contributed by atoms with Gasteiger partial charge in [0, 0.05) is 19.8 Å². The van der Waals surface area contributed by atoms with Crippen molar-refractivity contribution in [3.05, 3.63) is 42.5 Å². The SMILES string of the molecule is CCCCCCCCOCCCCCCCNC(=O)[C@@H](N)Cc1ccc(OP(=O)(O)CO[C@H](CO)Cn2cnc3c(N)ncnc32)cc1. The number of nitrogens with one attached hydrogen (secondary N) is 1. The van der Waals surface area contributed by atoms with E-state index in [1.807, 2.05) is 0 Å². The number of carbonyl (C=O) groups excluding carboxylic acids is 1. The molecule has 3 atom stereocenters. The first-order valence-corrected chi connectivity index (χ1v) is 18.8. The number of aliphatic hydroxyl groups is 1. The second-order valence-corrected chi connectivity index (χ2v) is 13.8. The molecular formula is C33H54N7O7P. The molecule has 0 radical (unpaired) electrons. The van der Waals surface area contributed by atoms with Crippen LogP contribution in [0.2, 0.25) is 0 Å². The number of fused-ring (bicyclic) bond motifs is 1. The Kier molecular flexibility index (Phi) is 17.8. The molecule has 14 nitrogen and oxygen atoms in total. The molecule has 1 amide bonds. The van der Waals surface area contributed by atoms with Crippen molar-refractivity contribution >= 4 is 30.5 Å². The Morgan fingerprint density at radius 3 is 2.33 bits per heavy atom. The number of amides is 1. The number of ether oxygens (including phenoxy) is 2. The van der Waals surface area contributed by atoms with E-state index in [1.54, 1.807) is 16.7 Å². The van der Waals surface area contributed by atoms with Crippen molar-refractivity contribution in [1.29, 1.82) is 0 Å². The first-order chi connectivity index (χ1) is 23.2. The summed E-state index contributed by atoms with van der Waals surface area (Å²) in [5.41, 5.74) is 13.6. The summed E-state index contributed by atoms with van der Waals surface area (Å²) in [5.74, 6) is 0.161. The zero-order valence-electron chi connectivity index (χ0n) is 28.2. The Labute approximate surface area is 283 Å². The average molecular weight is 692 g/mol. The predicted octanol–water partition coefficient (Wildman–Crippen LogP) is 4.32. The lowest BCUT2D eigenvalue weighted by atomic mass is 10.1. The van der Waals surface area contributed by atoms with Gasteiger partial charge in [-0.25, -0.2) is 19.5 Å². The molecule has 3 rings (SSSR count). The Morgan fingerprint density at radius 2 is 1.65 bits per heavy atom. The van der Waals surface area contributed by atoms with Crippen molar-refractivity contribution in [2.24, 2.45) is 5.73 Å². The highest BCUT2D eigenvalue weighted by atomic mass is 31.2. The monoisotopic (exact) mass is 691 g/mol. The van der Waals surface area contributed by atoms with Crippen LogP contribution in [0, 0.1) is 0 Å². The number of anilines is 1. The van der Waals surface area contributed by atoms with Crippen molar-refractivity contribution in [2.75, 3.05) is 38.4 Å². The zero-order chi connectivity index (χ0) is 34.6. The van der Waals surface area contributed by atoms with E-state index in [1.165, 1.54) is 56.9 Å². The number of aromatic nitrogens is 4. The number of aliphatic hydroxyl groups excluding tert-OH is 1. The van der Waals surface area contributed by atoms with Crippen molar-refractivity contribution in [3.8, 4) is 5.75 Å². The predicted molar refractivity (Wildman–Crippen MR) is 185 cm³/mol. The lowest BCUT2D eigenvalue weighted by Gasteiger charge is -2.19. The van der Waals surface area contributed by atoms with Crippen LogP contribution in [0.15, 0.2) is 36.9 Å². The van der Waals surface area contributed by atoms with E-state index in [2.05, 4.69) is 27.2 Å². The summed E-state index contributed by atoms with van der Waals surface area (Å²) in [6.07, 6.45) is 14.5. The van der Waals surface area contributed by atoms with Crippen LogP contribution in [-0.4, -0.2) is 80.3 Å². The number of imidazole rings is 1. The van der Waals surface area contributed by atoms with Gasteiger partial charge in [-0.3, -0.25) is 4.79 Å². The maximum atomic E-state index is 12.7. The first kappa shape index (κ1) is 39.3. The smallest absolute Gasteiger partial charge is 0.402 e. The fourth-order valence-corrected chi connectivity index (χ4v) is 6.03. The number of hydrogen-bond donors (Lipinski definition) is 5. The summed E-state index contributed by atoms with van der Waals surface area (Å²) in [6.45, 7) is 4.20. The average Bonchev–Trinajstić information content (AvgIpc) is 3.49. The molecule has 1 unspecified atom stereocenters. The van der Waals surface area contributed by atoms with Gasteiger partial charge in [0.2, 0.25) is 5.91 Å². The normalized spacial score (nSPS) is 14.1. The fourth-order valence-electron chi connectivity index (χ4n) is 5.13. The van der Waals surface area contributed by atoms with Gasteiger partial charge < -0.3 is 45.3 Å². The van der Waals surface area contributed by atoms with Crippen LogP contribution in [-0.2, 0) is 31.8 Å². The van der Waals surface area contributed by atoms with Gasteiger partial charge in [0.15, 0.2) is 17.8 Å². The van der Waals surface area contributed by atoms with Crippen LogP contribution >= 0.6 is 7.60 Å². The van der Waals surface area contributed by atoms with Crippen LogP contribution in [0.3, 0.4) is 0 Å². The Balaban J connectivity index is 1.26. The van der Waals surface area contributed by atoms with E-state index in [-0.39, 0.29) is 24.0 Å². The molecule has 48 heavy (non-hydrogen) atoms. The number of nitrogen functional groups attached to an aromatic ring is 1. The number of nitrogens with two attached hydrogens (primary N) is 2. The molecule has 0 saturated carbocycles. The van der Waals surface area contributed by atoms with Gasteiger partial charge in [-0.2, -0.15) is 0 Å². The topological polar surface area (TPSA) is 210 Å². The molecule has 0 aliphatic carbocycles. The van der Waals surface area contributed by atoms with E-state index < -0.39 is 32.7 Å². The highest BCUT2D eigenvalue weighted by molar-refractivity contribution is 7.53. The van der Waals surface area contributed by atoms with Crippen molar-refractivity contribution in [2.45, 2.75) is 103 Å². The first-order valence-electron chi connectivity index (χ1n) is 17.1. The van der Waals surface area contributed by atoms with Gasteiger partial charge in [0.25, 0.3) is 0 Å². The molecule has 0 spiro atoms. The molecule has 0 aliphatic heterocycles. The maximum absolute atomic E-state index is 12.7. The summed E-state index contributed by atoms with van der Waals surface area (Å²) < 4.78 is 30.8. The van der Waals surface area contributed by atoms with E-state index in [9.17, 15) is 19.4 Å². The summed E-state index contributed by atoms with van der Waals surface area (Å²) >= 11 is 0. The number of carbonyl (C=O) groups is 1. The summed E-state index contributed by atoms with van der Waals surface area (Å²) in [4.78, 5) is 35.0. The molecule has 0 saturated heterocycles. The van der Waals surface area contributed by atoms with Gasteiger partial charge in [0.05, 0.1) is 31.6 Å². The van der Waals surface area contributed by atoms with Gasteiger partial charge in [-0.05, 0) is 43.4 Å².